The molecule has 0 aliphatic carbocycles. The maximum Gasteiger partial charge on any atom is 0.407 e. The summed E-state index contributed by atoms with van der Waals surface area (Å²) in [6.45, 7) is 5.28. The Balaban J connectivity index is 1.74. The first kappa shape index (κ1) is 17.7. The Morgan fingerprint density at radius 3 is 2.64 bits per heavy atom. The number of nitrogens with zero attached hydrogens (tertiary/aromatic N) is 3. The number of hydrogen-bond donors (Lipinski definition) is 1. The van der Waals surface area contributed by atoms with Crippen molar-refractivity contribution in [2.24, 2.45) is 0 Å². The van der Waals surface area contributed by atoms with Gasteiger partial charge in [0.05, 0.1) is 0 Å². The molecule has 0 radical (unpaired) electrons. The van der Waals surface area contributed by atoms with Crippen LogP contribution in [0.15, 0.2) is 30.3 Å². The molecule has 2 saturated heterocycles. The summed E-state index contributed by atoms with van der Waals surface area (Å²) in [5.74, 6) is 0.200. The highest BCUT2D eigenvalue weighted by atomic mass is 16.4. The van der Waals surface area contributed by atoms with Gasteiger partial charge in [0.15, 0.2) is 0 Å². The summed E-state index contributed by atoms with van der Waals surface area (Å²) in [6, 6.07) is 10.2. The molecule has 1 N–H and O–H groups in total. The first-order valence-corrected chi connectivity index (χ1v) is 9.10. The number of benzene rings is 1. The zero-order valence-electron chi connectivity index (χ0n) is 14.8. The van der Waals surface area contributed by atoms with Gasteiger partial charge in [-0.15, -0.1) is 0 Å². The molecule has 2 atom stereocenters. The molecular weight excluding hydrogens is 318 g/mol. The maximum absolute atomic E-state index is 12.2. The van der Waals surface area contributed by atoms with E-state index in [1.54, 1.807) is 0 Å². The fraction of sp³-hybridized carbons (Fsp3) is 0.579. The van der Waals surface area contributed by atoms with Gasteiger partial charge in [0.1, 0.15) is 0 Å². The molecule has 2 aliphatic rings. The van der Waals surface area contributed by atoms with Gasteiger partial charge < -0.3 is 14.9 Å². The van der Waals surface area contributed by atoms with Crippen molar-refractivity contribution < 1.29 is 14.7 Å². The molecule has 0 saturated carbocycles. The molecule has 2 heterocycles. The third-order valence-corrected chi connectivity index (χ3v) is 5.28. The van der Waals surface area contributed by atoms with Gasteiger partial charge >= 0.3 is 6.09 Å². The number of hydrogen-bond acceptors (Lipinski definition) is 3. The molecule has 25 heavy (non-hydrogen) atoms. The lowest BCUT2D eigenvalue weighted by Gasteiger charge is -2.46. The number of likely N-dealkylation sites (tertiary alicyclic amines) is 1. The molecular formula is C19H27N3O3. The average molecular weight is 345 g/mol. The zero-order valence-corrected chi connectivity index (χ0v) is 14.8. The van der Waals surface area contributed by atoms with E-state index >= 15 is 0 Å². The monoisotopic (exact) mass is 345 g/mol. The fourth-order valence-corrected chi connectivity index (χ4v) is 3.87. The second kappa shape index (κ2) is 7.87. The Kier molecular flexibility index (Phi) is 5.58. The lowest BCUT2D eigenvalue weighted by Crippen LogP contribution is -2.61. The first-order chi connectivity index (χ1) is 12.0. The van der Waals surface area contributed by atoms with Crippen LogP contribution in [0.5, 0.6) is 0 Å². The van der Waals surface area contributed by atoms with Crippen molar-refractivity contribution in [1.29, 1.82) is 0 Å². The summed E-state index contributed by atoms with van der Waals surface area (Å²) < 4.78 is 0. The lowest BCUT2D eigenvalue weighted by atomic mass is 10.0. The van der Waals surface area contributed by atoms with Gasteiger partial charge in [-0.2, -0.15) is 0 Å². The van der Waals surface area contributed by atoms with E-state index in [1.807, 2.05) is 30.0 Å². The number of carbonyl (C=O) groups excluding carboxylic acids is 1. The second-order valence-corrected chi connectivity index (χ2v) is 7.15. The number of rotatable bonds is 4. The van der Waals surface area contributed by atoms with Crippen molar-refractivity contribution in [1.82, 2.24) is 14.7 Å². The van der Waals surface area contributed by atoms with Gasteiger partial charge in [-0.1, -0.05) is 30.3 Å². The second-order valence-electron chi connectivity index (χ2n) is 7.15. The van der Waals surface area contributed by atoms with Crippen LogP contribution >= 0.6 is 0 Å². The molecule has 136 valence electrons. The summed E-state index contributed by atoms with van der Waals surface area (Å²) in [5, 5.41) is 9.49. The Morgan fingerprint density at radius 1 is 1.20 bits per heavy atom. The van der Waals surface area contributed by atoms with Gasteiger partial charge in [0.25, 0.3) is 0 Å². The van der Waals surface area contributed by atoms with E-state index in [-0.39, 0.29) is 18.0 Å². The van der Waals surface area contributed by atoms with Crippen LogP contribution in [0.1, 0.15) is 31.7 Å². The van der Waals surface area contributed by atoms with E-state index < -0.39 is 6.09 Å². The summed E-state index contributed by atoms with van der Waals surface area (Å²) in [4.78, 5) is 29.5. The molecule has 1 aromatic carbocycles. The molecule has 0 bridgehead atoms. The van der Waals surface area contributed by atoms with Crippen LogP contribution in [0.4, 0.5) is 4.79 Å². The third kappa shape index (κ3) is 4.31. The van der Waals surface area contributed by atoms with E-state index in [0.29, 0.717) is 26.1 Å². The van der Waals surface area contributed by atoms with Crippen LogP contribution in [-0.4, -0.2) is 70.1 Å². The van der Waals surface area contributed by atoms with Crippen molar-refractivity contribution in [3.63, 3.8) is 0 Å². The van der Waals surface area contributed by atoms with Crippen LogP contribution in [0.2, 0.25) is 0 Å². The van der Waals surface area contributed by atoms with E-state index in [1.165, 1.54) is 10.5 Å². The molecule has 1 aromatic rings. The summed E-state index contributed by atoms with van der Waals surface area (Å²) in [5.41, 5.74) is 1.22. The summed E-state index contributed by atoms with van der Waals surface area (Å²) in [7, 11) is 0. The molecule has 0 unspecified atom stereocenters. The molecule has 6 heteroatoms. The highest BCUT2D eigenvalue weighted by Gasteiger charge is 2.36. The smallest absolute Gasteiger partial charge is 0.407 e. The molecule has 6 nitrogen and oxygen atoms in total. The third-order valence-electron chi connectivity index (χ3n) is 5.28. The van der Waals surface area contributed by atoms with Crippen molar-refractivity contribution >= 4 is 12.0 Å². The van der Waals surface area contributed by atoms with E-state index in [9.17, 15) is 14.7 Å². The zero-order chi connectivity index (χ0) is 17.8. The number of carboxylic acid groups (broad SMARTS) is 1. The minimum absolute atomic E-state index is 0.0366. The van der Waals surface area contributed by atoms with Gasteiger partial charge in [-0.25, -0.2) is 4.79 Å². The SMILES string of the molecule is C[C@@H]1CN(Cc2ccccc2)[C@@H](CN2CCCCC2=O)CN1C(=O)O. The number of piperazine rings is 1. The lowest BCUT2D eigenvalue weighted by molar-refractivity contribution is -0.134. The van der Waals surface area contributed by atoms with Crippen molar-refractivity contribution in [2.45, 2.75) is 44.8 Å². The van der Waals surface area contributed by atoms with E-state index in [2.05, 4.69) is 17.0 Å². The van der Waals surface area contributed by atoms with Crippen LogP contribution in [-0.2, 0) is 11.3 Å². The van der Waals surface area contributed by atoms with Gasteiger partial charge in [-0.05, 0) is 25.3 Å². The van der Waals surface area contributed by atoms with Gasteiger partial charge in [0.2, 0.25) is 5.91 Å². The minimum Gasteiger partial charge on any atom is -0.465 e. The summed E-state index contributed by atoms with van der Waals surface area (Å²) >= 11 is 0. The standard InChI is InChI=1S/C19H27N3O3/c1-15-11-21(12-16-7-3-2-4-8-16)17(14-22(15)19(24)25)13-20-10-6-5-9-18(20)23/h2-4,7-8,15,17H,5-6,9-14H2,1H3,(H,24,25)/t15-,17+/m1/s1. The topological polar surface area (TPSA) is 64.1 Å². The van der Waals surface area contributed by atoms with E-state index in [4.69, 9.17) is 0 Å². The first-order valence-electron chi connectivity index (χ1n) is 9.10. The number of piperidine rings is 1. The minimum atomic E-state index is -0.873. The fourth-order valence-electron chi connectivity index (χ4n) is 3.87. The number of amides is 2. The normalized spacial score (nSPS) is 25.2. The van der Waals surface area contributed by atoms with Crippen LogP contribution in [0.25, 0.3) is 0 Å². The highest BCUT2D eigenvalue weighted by Crippen LogP contribution is 2.21. The quantitative estimate of drug-likeness (QED) is 0.909. The van der Waals surface area contributed by atoms with Crippen molar-refractivity contribution in [3.8, 4) is 0 Å². The highest BCUT2D eigenvalue weighted by molar-refractivity contribution is 5.76. The van der Waals surface area contributed by atoms with Crippen LogP contribution in [0, 0.1) is 0 Å². The molecule has 0 spiro atoms. The Morgan fingerprint density at radius 2 is 1.96 bits per heavy atom. The maximum atomic E-state index is 12.2. The number of carbonyl (C=O) groups is 2. The molecule has 2 aliphatic heterocycles. The largest absolute Gasteiger partial charge is 0.465 e. The van der Waals surface area contributed by atoms with Crippen molar-refractivity contribution in [3.05, 3.63) is 35.9 Å². The summed E-state index contributed by atoms with van der Waals surface area (Å²) in [6.07, 6.45) is 1.74. The molecule has 3 rings (SSSR count). The predicted octanol–water partition coefficient (Wildman–Crippen LogP) is 2.25. The predicted molar refractivity (Wildman–Crippen MR) is 95.3 cm³/mol. The average Bonchev–Trinajstić information content (AvgIpc) is 2.59. The Labute approximate surface area is 149 Å². The van der Waals surface area contributed by atoms with Gasteiger partial charge in [-0.3, -0.25) is 9.69 Å². The molecule has 2 amide bonds. The Bertz CT molecular complexity index is 607. The van der Waals surface area contributed by atoms with E-state index in [0.717, 1.165) is 25.9 Å². The van der Waals surface area contributed by atoms with Crippen LogP contribution in [0.3, 0.4) is 0 Å². The van der Waals surface area contributed by atoms with Crippen LogP contribution < -0.4 is 0 Å². The Hall–Kier alpha value is -2.08. The molecule has 0 aromatic heterocycles. The van der Waals surface area contributed by atoms with Crippen molar-refractivity contribution in [2.75, 3.05) is 26.2 Å². The molecule has 2 fully saturated rings. The van der Waals surface area contributed by atoms with Gasteiger partial charge in [0, 0.05) is 51.2 Å².